The van der Waals surface area contributed by atoms with E-state index >= 15 is 0 Å². The third-order valence-electron chi connectivity index (χ3n) is 5.00. The molecule has 2 aliphatic rings. The largest absolute Gasteiger partial charge is 0.475 e. The standard InChI is InChI=1S/C18H19FN2O4/c19-15-4-1-5-20-17(15)25-12-18-10-21(8-13(18)9-23-11-18)16(22)7-14-3-2-6-24-14/h1-6,13H,7-12H2/t13-,18+/m0/s1. The number of hydrogen-bond donors (Lipinski definition) is 0. The summed E-state index contributed by atoms with van der Waals surface area (Å²) in [5, 5.41) is 0. The quantitative estimate of drug-likeness (QED) is 0.827. The molecule has 4 rings (SSSR count). The van der Waals surface area contributed by atoms with Gasteiger partial charge in [-0.2, -0.15) is 0 Å². The zero-order chi connectivity index (χ0) is 17.3. The van der Waals surface area contributed by atoms with E-state index in [4.69, 9.17) is 13.9 Å². The van der Waals surface area contributed by atoms with Crippen molar-refractivity contribution in [1.82, 2.24) is 9.88 Å². The summed E-state index contributed by atoms with van der Waals surface area (Å²) in [6.07, 6.45) is 3.30. The minimum Gasteiger partial charge on any atom is -0.475 e. The Bertz CT molecular complexity index is 751. The minimum absolute atomic E-state index is 0.0112. The molecule has 0 unspecified atom stereocenters. The predicted molar refractivity (Wildman–Crippen MR) is 85.4 cm³/mol. The van der Waals surface area contributed by atoms with E-state index < -0.39 is 5.82 Å². The molecular formula is C18H19FN2O4. The van der Waals surface area contributed by atoms with Gasteiger partial charge in [-0.3, -0.25) is 4.79 Å². The van der Waals surface area contributed by atoms with Crippen LogP contribution in [0.3, 0.4) is 0 Å². The van der Waals surface area contributed by atoms with Crippen LogP contribution in [0.4, 0.5) is 4.39 Å². The highest BCUT2D eigenvalue weighted by molar-refractivity contribution is 5.78. The van der Waals surface area contributed by atoms with E-state index in [2.05, 4.69) is 4.98 Å². The first-order valence-corrected chi connectivity index (χ1v) is 8.27. The lowest BCUT2D eigenvalue weighted by atomic mass is 9.82. The molecule has 25 heavy (non-hydrogen) atoms. The van der Waals surface area contributed by atoms with Gasteiger partial charge in [-0.1, -0.05) is 0 Å². The number of carbonyl (C=O) groups excluding carboxylic acids is 1. The summed E-state index contributed by atoms with van der Waals surface area (Å²) < 4.78 is 30.2. The SMILES string of the molecule is O=C(Cc1ccco1)N1C[C@H]2COC[C@@]2(COc2ncccc2F)C1. The highest BCUT2D eigenvalue weighted by Crippen LogP contribution is 2.41. The van der Waals surface area contributed by atoms with Crippen LogP contribution >= 0.6 is 0 Å². The van der Waals surface area contributed by atoms with Crippen molar-refractivity contribution < 1.29 is 23.1 Å². The maximum atomic E-state index is 13.7. The first-order valence-electron chi connectivity index (χ1n) is 8.27. The van der Waals surface area contributed by atoms with Gasteiger partial charge in [0.1, 0.15) is 5.76 Å². The molecule has 2 aromatic rings. The summed E-state index contributed by atoms with van der Waals surface area (Å²) in [6.45, 7) is 2.50. The molecule has 2 fully saturated rings. The molecule has 0 spiro atoms. The Kier molecular flexibility index (Phi) is 4.17. The van der Waals surface area contributed by atoms with Gasteiger partial charge in [0.15, 0.2) is 5.82 Å². The number of carbonyl (C=O) groups is 1. The molecule has 0 saturated carbocycles. The second-order valence-corrected chi connectivity index (χ2v) is 6.68. The molecule has 132 valence electrons. The van der Waals surface area contributed by atoms with Crippen molar-refractivity contribution in [2.45, 2.75) is 6.42 Å². The number of ether oxygens (including phenoxy) is 2. The first-order chi connectivity index (χ1) is 12.2. The summed E-state index contributed by atoms with van der Waals surface area (Å²) in [7, 11) is 0. The summed E-state index contributed by atoms with van der Waals surface area (Å²) in [5.41, 5.74) is -0.317. The molecule has 2 saturated heterocycles. The van der Waals surface area contributed by atoms with E-state index in [1.807, 2.05) is 4.90 Å². The Hall–Kier alpha value is -2.41. The highest BCUT2D eigenvalue weighted by Gasteiger charge is 2.52. The number of amides is 1. The van der Waals surface area contributed by atoms with Gasteiger partial charge in [0.2, 0.25) is 11.8 Å². The van der Waals surface area contributed by atoms with Crippen LogP contribution in [0.2, 0.25) is 0 Å². The second-order valence-electron chi connectivity index (χ2n) is 6.68. The van der Waals surface area contributed by atoms with Gasteiger partial charge in [0.25, 0.3) is 0 Å². The van der Waals surface area contributed by atoms with Gasteiger partial charge in [-0.25, -0.2) is 9.37 Å². The zero-order valence-corrected chi connectivity index (χ0v) is 13.7. The van der Waals surface area contributed by atoms with Crippen LogP contribution in [0.1, 0.15) is 5.76 Å². The summed E-state index contributed by atoms with van der Waals surface area (Å²) in [4.78, 5) is 18.3. The van der Waals surface area contributed by atoms with Crippen LogP contribution < -0.4 is 4.74 Å². The fourth-order valence-electron chi connectivity index (χ4n) is 3.59. The Balaban J connectivity index is 1.43. The van der Waals surface area contributed by atoms with E-state index in [-0.39, 0.29) is 36.1 Å². The van der Waals surface area contributed by atoms with E-state index in [0.717, 1.165) is 0 Å². The molecule has 6 nitrogen and oxygen atoms in total. The van der Waals surface area contributed by atoms with Crippen LogP contribution in [0.15, 0.2) is 41.1 Å². The number of fused-ring (bicyclic) bond motifs is 1. The van der Waals surface area contributed by atoms with Crippen molar-refractivity contribution in [3.63, 3.8) is 0 Å². The van der Waals surface area contributed by atoms with E-state index in [1.165, 1.54) is 18.3 Å². The highest BCUT2D eigenvalue weighted by atomic mass is 19.1. The Morgan fingerprint density at radius 2 is 2.36 bits per heavy atom. The number of rotatable bonds is 5. The average molecular weight is 346 g/mol. The lowest BCUT2D eigenvalue weighted by Gasteiger charge is -2.26. The summed E-state index contributed by atoms with van der Waals surface area (Å²) in [5.74, 6) is 0.354. The maximum absolute atomic E-state index is 13.7. The molecule has 0 radical (unpaired) electrons. The van der Waals surface area contributed by atoms with Gasteiger partial charge in [0, 0.05) is 25.2 Å². The molecule has 0 aliphatic carbocycles. The number of aromatic nitrogens is 1. The Morgan fingerprint density at radius 3 is 3.16 bits per heavy atom. The number of halogens is 1. The summed E-state index contributed by atoms with van der Waals surface area (Å²) >= 11 is 0. The van der Waals surface area contributed by atoms with Crippen molar-refractivity contribution >= 4 is 5.91 Å². The third kappa shape index (κ3) is 3.11. The molecule has 1 amide bonds. The fourth-order valence-corrected chi connectivity index (χ4v) is 3.59. The minimum atomic E-state index is -0.488. The third-order valence-corrected chi connectivity index (χ3v) is 5.00. The van der Waals surface area contributed by atoms with Crippen molar-refractivity contribution in [3.8, 4) is 5.88 Å². The van der Waals surface area contributed by atoms with Gasteiger partial charge in [0.05, 0.1) is 37.9 Å². The van der Waals surface area contributed by atoms with Crippen LogP contribution in [0.5, 0.6) is 5.88 Å². The molecule has 4 heterocycles. The number of pyridine rings is 1. The van der Waals surface area contributed by atoms with E-state index in [9.17, 15) is 9.18 Å². The normalized spacial score (nSPS) is 25.2. The topological polar surface area (TPSA) is 64.8 Å². The van der Waals surface area contributed by atoms with Crippen molar-refractivity contribution in [3.05, 3.63) is 48.3 Å². The lowest BCUT2D eigenvalue weighted by Crippen LogP contribution is -2.38. The molecule has 7 heteroatoms. The second kappa shape index (κ2) is 6.48. The van der Waals surface area contributed by atoms with Crippen LogP contribution in [-0.4, -0.2) is 48.7 Å². The van der Waals surface area contributed by atoms with Crippen LogP contribution in [0.25, 0.3) is 0 Å². The maximum Gasteiger partial charge on any atom is 0.250 e. The number of hydrogen-bond acceptors (Lipinski definition) is 5. The number of nitrogens with zero attached hydrogens (tertiary/aromatic N) is 2. The molecular weight excluding hydrogens is 327 g/mol. The Morgan fingerprint density at radius 1 is 1.44 bits per heavy atom. The molecule has 0 N–H and O–H groups in total. The molecule has 2 atom stereocenters. The van der Waals surface area contributed by atoms with E-state index in [1.54, 1.807) is 18.4 Å². The number of likely N-dealkylation sites (tertiary alicyclic amines) is 1. The molecule has 0 bridgehead atoms. The number of furan rings is 1. The lowest BCUT2D eigenvalue weighted by molar-refractivity contribution is -0.130. The van der Waals surface area contributed by atoms with E-state index in [0.29, 0.717) is 32.1 Å². The Labute approximate surface area is 144 Å². The first kappa shape index (κ1) is 16.1. The van der Waals surface area contributed by atoms with Gasteiger partial charge < -0.3 is 18.8 Å². The van der Waals surface area contributed by atoms with Crippen molar-refractivity contribution in [2.75, 3.05) is 32.9 Å². The fraction of sp³-hybridized carbons (Fsp3) is 0.444. The van der Waals surface area contributed by atoms with Gasteiger partial charge in [-0.15, -0.1) is 0 Å². The predicted octanol–water partition coefficient (Wildman–Crippen LogP) is 1.91. The van der Waals surface area contributed by atoms with Crippen molar-refractivity contribution in [2.24, 2.45) is 11.3 Å². The van der Waals surface area contributed by atoms with Crippen LogP contribution in [-0.2, 0) is 16.0 Å². The molecule has 0 aromatic carbocycles. The zero-order valence-electron chi connectivity index (χ0n) is 13.7. The van der Waals surface area contributed by atoms with Crippen LogP contribution in [0, 0.1) is 17.2 Å². The molecule has 2 aliphatic heterocycles. The summed E-state index contributed by atoms with van der Waals surface area (Å²) in [6, 6.07) is 6.40. The molecule has 2 aromatic heterocycles. The monoisotopic (exact) mass is 346 g/mol. The average Bonchev–Trinajstić information content (AvgIpc) is 3.29. The van der Waals surface area contributed by atoms with Gasteiger partial charge >= 0.3 is 0 Å². The van der Waals surface area contributed by atoms with Crippen molar-refractivity contribution in [1.29, 1.82) is 0 Å². The smallest absolute Gasteiger partial charge is 0.250 e. The van der Waals surface area contributed by atoms with Gasteiger partial charge in [-0.05, 0) is 24.3 Å².